The maximum absolute atomic E-state index is 13.0. The zero-order chi connectivity index (χ0) is 18.0. The summed E-state index contributed by atoms with van der Waals surface area (Å²) in [5.74, 6) is 0.343. The molecule has 10 heteroatoms. The molecule has 0 unspecified atom stereocenters. The van der Waals surface area contributed by atoms with Crippen LogP contribution in [0.3, 0.4) is 0 Å². The summed E-state index contributed by atoms with van der Waals surface area (Å²) in [6.07, 6.45) is 0.370. The van der Waals surface area contributed by atoms with Crippen molar-refractivity contribution in [3.8, 4) is 12.3 Å². The molecule has 0 fully saturated rings. The van der Waals surface area contributed by atoms with Crippen molar-refractivity contribution >= 4 is 17.0 Å². The largest absolute Gasteiger partial charge is 0.451 e. The van der Waals surface area contributed by atoms with Gasteiger partial charge in [0.25, 0.3) is 0 Å². The predicted octanol–water partition coefficient (Wildman–Crippen LogP) is 2.47. The highest BCUT2D eigenvalue weighted by Gasteiger charge is 2.36. The molecule has 1 N–H and O–H groups in total. The van der Waals surface area contributed by atoms with Gasteiger partial charge in [-0.2, -0.15) is 13.2 Å². The molecule has 0 aliphatic rings. The van der Waals surface area contributed by atoms with Crippen LogP contribution < -0.4 is 5.32 Å². The van der Waals surface area contributed by atoms with Crippen LogP contribution in [-0.2, 0) is 12.7 Å². The first-order valence-corrected chi connectivity index (χ1v) is 6.98. The monoisotopic (exact) mass is 350 g/mol. The molecule has 1 aromatic carbocycles. The molecular formula is C15H10F4N6. The molecule has 25 heavy (non-hydrogen) atoms. The quantitative estimate of drug-likeness (QED) is 0.578. The lowest BCUT2D eigenvalue weighted by Crippen LogP contribution is -2.15. The van der Waals surface area contributed by atoms with Crippen LogP contribution in [0.15, 0.2) is 24.3 Å². The van der Waals surface area contributed by atoms with Gasteiger partial charge < -0.3 is 5.32 Å². The molecule has 3 aromatic rings. The average Bonchev–Trinajstić information content (AvgIpc) is 2.97. The molecule has 0 aliphatic carbocycles. The fourth-order valence-electron chi connectivity index (χ4n) is 2.11. The molecule has 0 atom stereocenters. The molecule has 128 valence electrons. The van der Waals surface area contributed by atoms with Crippen LogP contribution in [-0.4, -0.2) is 31.5 Å². The minimum absolute atomic E-state index is 0.0335. The number of rotatable bonds is 4. The van der Waals surface area contributed by atoms with Gasteiger partial charge in [-0.15, -0.1) is 11.5 Å². The van der Waals surface area contributed by atoms with E-state index in [-0.39, 0.29) is 30.1 Å². The van der Waals surface area contributed by atoms with Crippen LogP contribution in [0.4, 0.5) is 23.4 Å². The molecule has 2 aromatic heterocycles. The molecule has 6 nitrogen and oxygen atoms in total. The van der Waals surface area contributed by atoms with Crippen molar-refractivity contribution in [2.75, 3.05) is 11.9 Å². The van der Waals surface area contributed by atoms with E-state index in [0.29, 0.717) is 5.56 Å². The summed E-state index contributed by atoms with van der Waals surface area (Å²) < 4.78 is 53.3. The second-order valence-electron chi connectivity index (χ2n) is 5.00. The summed E-state index contributed by atoms with van der Waals surface area (Å²) in [7, 11) is 0. The molecule has 2 heterocycles. The van der Waals surface area contributed by atoms with E-state index >= 15 is 0 Å². The number of hydrogen-bond acceptors (Lipinski definition) is 5. The van der Waals surface area contributed by atoms with E-state index in [9.17, 15) is 17.6 Å². The van der Waals surface area contributed by atoms with Crippen molar-refractivity contribution in [2.24, 2.45) is 0 Å². The number of nitrogens with one attached hydrogen (secondary N) is 1. The standard InChI is InChI=1S/C15H10F4N6/c1-2-7-20-12-11-13(22-14(21-12)15(17,18)19)25(24-23-11)8-9-3-5-10(16)6-4-9/h1,3-6H,7-8H2,(H,20,21,22). The fourth-order valence-corrected chi connectivity index (χ4v) is 2.11. The van der Waals surface area contributed by atoms with Crippen LogP contribution in [0.5, 0.6) is 0 Å². The lowest BCUT2D eigenvalue weighted by Gasteiger charge is -2.09. The summed E-state index contributed by atoms with van der Waals surface area (Å²) in [6.45, 7) is 0.0356. The number of hydrogen-bond donors (Lipinski definition) is 1. The third-order valence-electron chi connectivity index (χ3n) is 3.22. The number of anilines is 1. The summed E-state index contributed by atoms with van der Waals surface area (Å²) in [5.41, 5.74) is 0.579. The van der Waals surface area contributed by atoms with Gasteiger partial charge in [-0.1, -0.05) is 23.3 Å². The van der Waals surface area contributed by atoms with Gasteiger partial charge in [0.1, 0.15) is 5.82 Å². The Bertz CT molecular complexity index is 940. The second kappa shape index (κ2) is 6.35. The molecule has 0 saturated carbocycles. The minimum atomic E-state index is -4.74. The molecule has 0 amide bonds. The normalized spacial score (nSPS) is 11.5. The predicted molar refractivity (Wildman–Crippen MR) is 80.9 cm³/mol. The number of alkyl halides is 3. The Morgan fingerprint density at radius 2 is 1.88 bits per heavy atom. The Kier molecular flexibility index (Phi) is 4.22. The van der Waals surface area contributed by atoms with Gasteiger partial charge in [0.2, 0.25) is 5.82 Å². The zero-order valence-corrected chi connectivity index (χ0v) is 12.5. The van der Waals surface area contributed by atoms with E-state index in [1.807, 2.05) is 0 Å². The number of terminal acetylenes is 1. The summed E-state index contributed by atoms with van der Waals surface area (Å²) >= 11 is 0. The average molecular weight is 350 g/mol. The smallest absolute Gasteiger partial charge is 0.357 e. The number of aromatic nitrogens is 5. The van der Waals surface area contributed by atoms with Crippen molar-refractivity contribution < 1.29 is 17.6 Å². The van der Waals surface area contributed by atoms with Crippen LogP contribution in [0.1, 0.15) is 11.4 Å². The van der Waals surface area contributed by atoms with Gasteiger partial charge in [-0.25, -0.2) is 19.0 Å². The van der Waals surface area contributed by atoms with E-state index in [0.717, 1.165) is 0 Å². The highest BCUT2D eigenvalue weighted by Crippen LogP contribution is 2.29. The SMILES string of the molecule is C#CCNc1nc(C(F)(F)F)nc2c1nnn2Cc1ccc(F)cc1. The van der Waals surface area contributed by atoms with Crippen LogP contribution >= 0.6 is 0 Å². The number of fused-ring (bicyclic) bond motifs is 1. The highest BCUT2D eigenvalue weighted by molar-refractivity contribution is 5.82. The van der Waals surface area contributed by atoms with Crippen molar-refractivity contribution in [2.45, 2.75) is 12.7 Å². The number of nitrogens with zero attached hydrogens (tertiary/aromatic N) is 5. The third-order valence-corrected chi connectivity index (χ3v) is 3.22. The van der Waals surface area contributed by atoms with Crippen LogP contribution in [0.2, 0.25) is 0 Å². The fraction of sp³-hybridized carbons (Fsp3) is 0.200. The van der Waals surface area contributed by atoms with Crippen molar-refractivity contribution in [1.29, 1.82) is 0 Å². The van der Waals surface area contributed by atoms with Gasteiger partial charge in [-0.3, -0.25) is 0 Å². The Morgan fingerprint density at radius 1 is 1.16 bits per heavy atom. The first-order valence-electron chi connectivity index (χ1n) is 6.98. The highest BCUT2D eigenvalue weighted by atomic mass is 19.4. The van der Waals surface area contributed by atoms with Crippen molar-refractivity contribution in [3.63, 3.8) is 0 Å². The van der Waals surface area contributed by atoms with E-state index < -0.39 is 17.8 Å². The molecule has 3 rings (SSSR count). The van der Waals surface area contributed by atoms with E-state index in [1.165, 1.54) is 28.9 Å². The Hall–Kier alpha value is -3.22. The first-order chi connectivity index (χ1) is 11.9. The molecule has 0 spiro atoms. The Balaban J connectivity index is 2.08. The Morgan fingerprint density at radius 3 is 2.52 bits per heavy atom. The lowest BCUT2D eigenvalue weighted by atomic mass is 10.2. The summed E-state index contributed by atoms with van der Waals surface area (Å²) in [6, 6.07) is 5.47. The maximum Gasteiger partial charge on any atom is 0.451 e. The molecular weight excluding hydrogens is 340 g/mol. The van der Waals surface area contributed by atoms with Gasteiger partial charge >= 0.3 is 6.18 Å². The van der Waals surface area contributed by atoms with Crippen molar-refractivity contribution in [1.82, 2.24) is 25.0 Å². The van der Waals surface area contributed by atoms with Gasteiger partial charge in [0.15, 0.2) is 17.0 Å². The molecule has 0 radical (unpaired) electrons. The summed E-state index contributed by atoms with van der Waals surface area (Å²) in [5, 5.41) is 10.2. The topological polar surface area (TPSA) is 68.5 Å². The number of halogens is 4. The van der Waals surface area contributed by atoms with Crippen LogP contribution in [0.25, 0.3) is 11.2 Å². The number of benzene rings is 1. The zero-order valence-electron chi connectivity index (χ0n) is 12.5. The van der Waals surface area contributed by atoms with E-state index in [4.69, 9.17) is 6.42 Å². The molecule has 0 saturated heterocycles. The van der Waals surface area contributed by atoms with Gasteiger partial charge in [0.05, 0.1) is 13.1 Å². The lowest BCUT2D eigenvalue weighted by molar-refractivity contribution is -0.144. The van der Waals surface area contributed by atoms with E-state index in [2.05, 4.69) is 31.5 Å². The van der Waals surface area contributed by atoms with Gasteiger partial charge in [0, 0.05) is 0 Å². The van der Waals surface area contributed by atoms with Crippen LogP contribution in [0, 0.1) is 18.2 Å². The van der Waals surface area contributed by atoms with Gasteiger partial charge in [-0.05, 0) is 17.7 Å². The summed E-state index contributed by atoms with van der Waals surface area (Å²) in [4.78, 5) is 6.96. The minimum Gasteiger partial charge on any atom is -0.357 e. The maximum atomic E-state index is 13.0. The molecule has 0 bridgehead atoms. The molecule has 0 aliphatic heterocycles. The second-order valence-corrected chi connectivity index (χ2v) is 5.00. The third kappa shape index (κ3) is 3.50. The van der Waals surface area contributed by atoms with Crippen molar-refractivity contribution in [3.05, 3.63) is 41.5 Å². The Labute approximate surface area is 138 Å². The van der Waals surface area contributed by atoms with E-state index in [1.54, 1.807) is 0 Å². The first kappa shape index (κ1) is 16.6.